The third-order valence-electron chi connectivity index (χ3n) is 2.91. The molecule has 0 fully saturated rings. The zero-order valence-corrected chi connectivity index (χ0v) is 11.1. The van der Waals surface area contributed by atoms with Crippen LogP contribution in [0.1, 0.15) is 18.4 Å². The van der Waals surface area contributed by atoms with Gasteiger partial charge < -0.3 is 5.11 Å². The molecule has 5 heteroatoms. The minimum atomic E-state index is -1.30. The number of aliphatic carboxylic acids is 1. The van der Waals surface area contributed by atoms with Crippen LogP contribution in [0.25, 0.3) is 0 Å². The van der Waals surface area contributed by atoms with E-state index in [0.717, 1.165) is 5.75 Å². The zero-order chi connectivity index (χ0) is 12.4. The number of hydrogen-bond acceptors (Lipinski definition) is 3. The summed E-state index contributed by atoms with van der Waals surface area (Å²) < 4.78 is 11.9. The maximum Gasteiger partial charge on any atom is 0.318 e. The summed E-state index contributed by atoms with van der Waals surface area (Å²) in [6.07, 6.45) is 0. The quantitative estimate of drug-likeness (QED) is 0.910. The molecule has 0 saturated heterocycles. The predicted octanol–water partition coefficient (Wildman–Crippen LogP) is 2.10. The van der Waals surface area contributed by atoms with Gasteiger partial charge in [0.05, 0.1) is 0 Å². The summed E-state index contributed by atoms with van der Waals surface area (Å²) in [6, 6.07) is 8.07. The summed E-state index contributed by atoms with van der Waals surface area (Å²) in [5.74, 6) is 0.579. The second-order valence-electron chi connectivity index (χ2n) is 4.07. The van der Waals surface area contributed by atoms with Gasteiger partial charge in [0, 0.05) is 33.1 Å². The fourth-order valence-electron chi connectivity index (χ4n) is 1.82. The van der Waals surface area contributed by atoms with Crippen molar-refractivity contribution in [2.45, 2.75) is 23.0 Å². The van der Waals surface area contributed by atoms with Crippen LogP contribution in [0, 0.1) is 0 Å². The molecule has 1 N–H and O–H groups in total. The third kappa shape index (κ3) is 2.72. The van der Waals surface area contributed by atoms with E-state index in [1.807, 2.05) is 18.2 Å². The van der Waals surface area contributed by atoms with Crippen molar-refractivity contribution in [1.82, 2.24) is 0 Å². The van der Waals surface area contributed by atoms with E-state index in [0.29, 0.717) is 5.75 Å². The maximum atomic E-state index is 11.9. The summed E-state index contributed by atoms with van der Waals surface area (Å²) in [6.45, 7) is 1.51. The van der Waals surface area contributed by atoms with E-state index >= 15 is 0 Å². The molecule has 92 valence electrons. The minimum Gasteiger partial charge on any atom is -0.480 e. The SMILES string of the molecule is CC(C(=O)O)S(=O)CC1CSc2ccccc21. The second-order valence-corrected chi connectivity index (χ2v) is 6.94. The predicted molar refractivity (Wildman–Crippen MR) is 70.0 cm³/mol. The van der Waals surface area contributed by atoms with Gasteiger partial charge >= 0.3 is 5.97 Å². The van der Waals surface area contributed by atoms with Gasteiger partial charge in [-0.2, -0.15) is 0 Å². The van der Waals surface area contributed by atoms with Crippen LogP contribution in [0.2, 0.25) is 0 Å². The van der Waals surface area contributed by atoms with Crippen molar-refractivity contribution in [1.29, 1.82) is 0 Å². The third-order valence-corrected chi connectivity index (χ3v) is 5.88. The smallest absolute Gasteiger partial charge is 0.318 e. The topological polar surface area (TPSA) is 54.4 Å². The molecular formula is C12H14O3S2. The van der Waals surface area contributed by atoms with Crippen LogP contribution >= 0.6 is 11.8 Å². The minimum absolute atomic E-state index is 0.221. The number of fused-ring (bicyclic) bond motifs is 1. The first-order valence-corrected chi connectivity index (χ1v) is 7.78. The molecular weight excluding hydrogens is 256 g/mol. The molecule has 2 rings (SSSR count). The van der Waals surface area contributed by atoms with Gasteiger partial charge in [-0.3, -0.25) is 9.00 Å². The van der Waals surface area contributed by atoms with Crippen molar-refractivity contribution < 1.29 is 14.1 Å². The fourth-order valence-corrected chi connectivity index (χ4v) is 4.43. The molecule has 1 aromatic carbocycles. The Morgan fingerprint density at radius 1 is 1.59 bits per heavy atom. The molecule has 0 spiro atoms. The summed E-state index contributed by atoms with van der Waals surface area (Å²) in [5.41, 5.74) is 1.21. The van der Waals surface area contributed by atoms with E-state index in [9.17, 15) is 9.00 Å². The molecule has 1 aliphatic heterocycles. The highest BCUT2D eigenvalue weighted by atomic mass is 32.2. The number of benzene rings is 1. The van der Waals surface area contributed by atoms with Gasteiger partial charge in [-0.1, -0.05) is 18.2 Å². The number of carboxylic acid groups (broad SMARTS) is 1. The monoisotopic (exact) mass is 270 g/mol. The lowest BCUT2D eigenvalue weighted by Crippen LogP contribution is -2.26. The average molecular weight is 270 g/mol. The first-order valence-electron chi connectivity index (χ1n) is 5.41. The van der Waals surface area contributed by atoms with E-state index in [4.69, 9.17) is 5.11 Å². The Bertz CT molecular complexity index is 459. The number of carboxylic acids is 1. The van der Waals surface area contributed by atoms with Gasteiger partial charge in [0.1, 0.15) is 5.25 Å². The molecule has 0 aromatic heterocycles. The molecule has 1 aromatic rings. The Kier molecular flexibility index (Phi) is 3.89. The lowest BCUT2D eigenvalue weighted by molar-refractivity contribution is -0.136. The van der Waals surface area contributed by atoms with Gasteiger partial charge in [-0.25, -0.2) is 0 Å². The van der Waals surface area contributed by atoms with E-state index in [2.05, 4.69) is 6.07 Å². The van der Waals surface area contributed by atoms with E-state index in [1.165, 1.54) is 17.4 Å². The van der Waals surface area contributed by atoms with E-state index < -0.39 is 22.0 Å². The molecule has 0 amide bonds. The first-order chi connectivity index (χ1) is 8.09. The van der Waals surface area contributed by atoms with Gasteiger partial charge in [0.2, 0.25) is 0 Å². The van der Waals surface area contributed by atoms with Crippen LogP contribution in [0.4, 0.5) is 0 Å². The number of thioether (sulfide) groups is 1. The van der Waals surface area contributed by atoms with Crippen LogP contribution in [0.3, 0.4) is 0 Å². The van der Waals surface area contributed by atoms with Crippen molar-refractivity contribution in [2.24, 2.45) is 0 Å². The van der Waals surface area contributed by atoms with Crippen molar-refractivity contribution in [3.05, 3.63) is 29.8 Å². The lowest BCUT2D eigenvalue weighted by atomic mass is 10.0. The molecule has 0 bridgehead atoms. The molecule has 1 aliphatic rings. The average Bonchev–Trinajstić information content (AvgIpc) is 2.71. The highest BCUT2D eigenvalue weighted by Gasteiger charge is 2.28. The summed E-state index contributed by atoms with van der Waals surface area (Å²) in [5, 5.41) is 8.04. The maximum absolute atomic E-state index is 11.9. The molecule has 3 nitrogen and oxygen atoms in total. The van der Waals surface area contributed by atoms with Crippen molar-refractivity contribution >= 4 is 28.5 Å². The zero-order valence-electron chi connectivity index (χ0n) is 9.46. The normalized spacial score (nSPS) is 21.8. The molecule has 1 heterocycles. The molecule has 0 saturated carbocycles. The van der Waals surface area contributed by atoms with Gasteiger partial charge in [-0.15, -0.1) is 11.8 Å². The van der Waals surface area contributed by atoms with Gasteiger partial charge in [0.25, 0.3) is 0 Å². The summed E-state index contributed by atoms with van der Waals surface area (Å²) >= 11 is 1.76. The summed E-state index contributed by atoms with van der Waals surface area (Å²) in [7, 11) is -1.30. The molecule has 3 unspecified atom stereocenters. The van der Waals surface area contributed by atoms with Crippen LogP contribution < -0.4 is 0 Å². The Balaban J connectivity index is 2.07. The Morgan fingerprint density at radius 2 is 2.29 bits per heavy atom. The molecule has 17 heavy (non-hydrogen) atoms. The highest BCUT2D eigenvalue weighted by Crippen LogP contribution is 2.39. The Labute approximate surface area is 107 Å². The van der Waals surface area contributed by atoms with Crippen molar-refractivity contribution in [3.8, 4) is 0 Å². The van der Waals surface area contributed by atoms with Crippen molar-refractivity contribution in [2.75, 3.05) is 11.5 Å². The summed E-state index contributed by atoms with van der Waals surface area (Å²) in [4.78, 5) is 12.0. The number of rotatable bonds is 4. The van der Waals surface area contributed by atoms with Gasteiger partial charge in [-0.05, 0) is 18.6 Å². The van der Waals surface area contributed by atoms with Gasteiger partial charge in [0.15, 0.2) is 0 Å². The standard InChI is InChI=1S/C12H14O3S2/c1-8(12(13)14)17(15)7-9-6-16-11-5-3-2-4-10(9)11/h2-5,8-9H,6-7H2,1H3,(H,13,14). The highest BCUT2D eigenvalue weighted by molar-refractivity contribution is 7.99. The van der Waals surface area contributed by atoms with Crippen molar-refractivity contribution in [3.63, 3.8) is 0 Å². The molecule has 0 aliphatic carbocycles. The van der Waals surface area contributed by atoms with E-state index in [1.54, 1.807) is 11.8 Å². The van der Waals surface area contributed by atoms with E-state index in [-0.39, 0.29) is 5.92 Å². The van der Waals surface area contributed by atoms with Crippen LogP contribution in [-0.4, -0.2) is 32.0 Å². The largest absolute Gasteiger partial charge is 0.480 e. The van der Waals surface area contributed by atoms with Crippen LogP contribution in [-0.2, 0) is 15.6 Å². The Hall–Kier alpha value is -0.810. The molecule has 3 atom stereocenters. The fraction of sp³-hybridized carbons (Fsp3) is 0.417. The number of carbonyl (C=O) groups is 1. The lowest BCUT2D eigenvalue weighted by Gasteiger charge is -2.12. The van der Waals surface area contributed by atoms with Crippen LogP contribution in [0.5, 0.6) is 0 Å². The first kappa shape index (κ1) is 12.6. The second kappa shape index (κ2) is 5.23. The van der Waals surface area contributed by atoms with Crippen LogP contribution in [0.15, 0.2) is 29.2 Å². The molecule has 0 radical (unpaired) electrons. The number of hydrogen-bond donors (Lipinski definition) is 1. The Morgan fingerprint density at radius 3 is 3.00 bits per heavy atom.